The summed E-state index contributed by atoms with van der Waals surface area (Å²) in [5.41, 5.74) is 0. The first kappa shape index (κ1) is 10.4. The smallest absolute Gasteiger partial charge is 0.237 e. The molecular weight excluding hydrogens is 140 g/mol. The van der Waals surface area contributed by atoms with Crippen LogP contribution in [0.15, 0.2) is 0 Å². The lowest BCUT2D eigenvalue weighted by atomic mass is 9.99. The first-order valence-electron chi connectivity index (χ1n) is 4.06. The first-order chi connectivity index (χ1) is 5.17. The van der Waals surface area contributed by atoms with Crippen LogP contribution in [0.3, 0.4) is 0 Å². The zero-order chi connectivity index (χ0) is 8.85. The fourth-order valence-corrected chi connectivity index (χ4v) is 1.07. The summed E-state index contributed by atoms with van der Waals surface area (Å²) in [7, 11) is 3.47. The average molecular weight is 158 g/mol. The third-order valence-corrected chi connectivity index (χ3v) is 2.05. The third kappa shape index (κ3) is 2.89. The molecule has 0 heterocycles. The highest BCUT2D eigenvalue weighted by molar-refractivity contribution is 5.81. The van der Waals surface area contributed by atoms with Gasteiger partial charge >= 0.3 is 0 Å². The molecule has 0 aromatic rings. The molecule has 0 saturated heterocycles. The van der Waals surface area contributed by atoms with Gasteiger partial charge in [0.2, 0.25) is 5.91 Å². The van der Waals surface area contributed by atoms with Crippen LogP contribution in [0.2, 0.25) is 0 Å². The van der Waals surface area contributed by atoms with Crippen LogP contribution in [0.1, 0.15) is 20.3 Å². The van der Waals surface area contributed by atoms with Gasteiger partial charge < -0.3 is 10.6 Å². The van der Waals surface area contributed by atoms with Crippen LogP contribution in [0.4, 0.5) is 0 Å². The molecule has 2 atom stereocenters. The Kier molecular flexibility index (Phi) is 4.86. The van der Waals surface area contributed by atoms with Gasteiger partial charge in [-0.3, -0.25) is 4.79 Å². The molecule has 0 rings (SSSR count). The maximum atomic E-state index is 11.2. The Hall–Kier alpha value is -0.570. The Balaban J connectivity index is 4.03. The molecule has 66 valence electrons. The average Bonchev–Trinajstić information content (AvgIpc) is 2.05. The van der Waals surface area contributed by atoms with E-state index in [-0.39, 0.29) is 11.9 Å². The molecule has 2 unspecified atom stereocenters. The van der Waals surface area contributed by atoms with E-state index >= 15 is 0 Å². The fraction of sp³-hybridized carbons (Fsp3) is 0.875. The van der Waals surface area contributed by atoms with E-state index in [0.29, 0.717) is 5.92 Å². The van der Waals surface area contributed by atoms with Gasteiger partial charge in [-0.1, -0.05) is 20.3 Å². The van der Waals surface area contributed by atoms with Crippen molar-refractivity contribution in [3.8, 4) is 0 Å². The van der Waals surface area contributed by atoms with Crippen molar-refractivity contribution in [3.63, 3.8) is 0 Å². The summed E-state index contributed by atoms with van der Waals surface area (Å²) in [6.07, 6.45) is 1.01. The zero-order valence-electron chi connectivity index (χ0n) is 7.77. The number of nitrogens with one attached hydrogen (secondary N) is 2. The van der Waals surface area contributed by atoms with Gasteiger partial charge in [-0.2, -0.15) is 0 Å². The lowest BCUT2D eigenvalue weighted by Crippen LogP contribution is -2.45. The summed E-state index contributed by atoms with van der Waals surface area (Å²) in [5.74, 6) is 0.460. The topological polar surface area (TPSA) is 41.1 Å². The monoisotopic (exact) mass is 158 g/mol. The van der Waals surface area contributed by atoms with E-state index in [2.05, 4.69) is 24.5 Å². The fourth-order valence-electron chi connectivity index (χ4n) is 1.07. The summed E-state index contributed by atoms with van der Waals surface area (Å²) in [4.78, 5) is 11.2. The van der Waals surface area contributed by atoms with Crippen LogP contribution in [0.25, 0.3) is 0 Å². The van der Waals surface area contributed by atoms with E-state index in [1.54, 1.807) is 7.05 Å². The predicted octanol–water partition coefficient (Wildman–Crippen LogP) is 0.366. The molecular formula is C8H18N2O. The van der Waals surface area contributed by atoms with E-state index in [1.165, 1.54) is 0 Å². The van der Waals surface area contributed by atoms with Gasteiger partial charge in [-0.05, 0) is 13.0 Å². The first-order valence-corrected chi connectivity index (χ1v) is 4.06. The van der Waals surface area contributed by atoms with Crippen molar-refractivity contribution in [2.75, 3.05) is 14.1 Å². The van der Waals surface area contributed by atoms with Crippen molar-refractivity contribution in [2.45, 2.75) is 26.3 Å². The second kappa shape index (κ2) is 5.13. The van der Waals surface area contributed by atoms with Gasteiger partial charge in [0.05, 0.1) is 6.04 Å². The molecule has 11 heavy (non-hydrogen) atoms. The molecule has 0 aromatic heterocycles. The normalized spacial score (nSPS) is 15.6. The van der Waals surface area contributed by atoms with E-state index in [0.717, 1.165) is 6.42 Å². The lowest BCUT2D eigenvalue weighted by molar-refractivity contribution is -0.123. The highest BCUT2D eigenvalue weighted by Crippen LogP contribution is 2.06. The molecule has 0 aromatic carbocycles. The van der Waals surface area contributed by atoms with E-state index in [1.807, 2.05) is 7.05 Å². The maximum absolute atomic E-state index is 11.2. The minimum atomic E-state index is -0.0509. The number of hydrogen-bond donors (Lipinski definition) is 2. The minimum Gasteiger partial charge on any atom is -0.358 e. The Morgan fingerprint density at radius 2 is 2.00 bits per heavy atom. The Morgan fingerprint density at radius 3 is 2.27 bits per heavy atom. The molecule has 0 fully saturated rings. The summed E-state index contributed by atoms with van der Waals surface area (Å²) in [6, 6.07) is -0.0509. The molecule has 0 saturated carbocycles. The highest BCUT2D eigenvalue weighted by atomic mass is 16.2. The Morgan fingerprint density at radius 1 is 1.45 bits per heavy atom. The molecule has 0 aliphatic heterocycles. The number of carbonyl (C=O) groups is 1. The van der Waals surface area contributed by atoms with E-state index < -0.39 is 0 Å². The summed E-state index contributed by atoms with van der Waals surface area (Å²) < 4.78 is 0. The standard InChI is InChI=1S/C8H18N2O/c1-5-6(2)7(9-3)8(11)10-4/h6-7,9H,5H2,1-4H3,(H,10,11). The van der Waals surface area contributed by atoms with Crippen LogP contribution in [-0.4, -0.2) is 26.0 Å². The van der Waals surface area contributed by atoms with Crippen molar-refractivity contribution in [1.29, 1.82) is 0 Å². The molecule has 0 aliphatic carbocycles. The summed E-state index contributed by atoms with van der Waals surface area (Å²) in [6.45, 7) is 4.15. The van der Waals surface area contributed by atoms with E-state index in [9.17, 15) is 4.79 Å². The van der Waals surface area contributed by atoms with Crippen LogP contribution < -0.4 is 10.6 Å². The molecule has 0 spiro atoms. The number of amides is 1. The predicted molar refractivity (Wildman–Crippen MR) is 46.4 cm³/mol. The van der Waals surface area contributed by atoms with Crippen LogP contribution in [-0.2, 0) is 4.79 Å². The minimum absolute atomic E-state index is 0.0509. The van der Waals surface area contributed by atoms with Gasteiger partial charge in [-0.15, -0.1) is 0 Å². The summed E-state index contributed by atoms with van der Waals surface area (Å²) >= 11 is 0. The maximum Gasteiger partial charge on any atom is 0.237 e. The quantitative estimate of drug-likeness (QED) is 0.620. The van der Waals surface area contributed by atoms with Crippen molar-refractivity contribution >= 4 is 5.91 Å². The van der Waals surface area contributed by atoms with Gasteiger partial charge in [0, 0.05) is 7.05 Å². The molecule has 1 amide bonds. The Labute approximate surface area is 68.6 Å². The molecule has 0 aliphatic rings. The molecule has 3 heteroatoms. The lowest BCUT2D eigenvalue weighted by Gasteiger charge is -2.20. The van der Waals surface area contributed by atoms with Crippen LogP contribution in [0, 0.1) is 5.92 Å². The van der Waals surface area contributed by atoms with E-state index in [4.69, 9.17) is 0 Å². The molecule has 0 radical (unpaired) electrons. The third-order valence-electron chi connectivity index (χ3n) is 2.05. The van der Waals surface area contributed by atoms with Crippen molar-refractivity contribution < 1.29 is 4.79 Å². The summed E-state index contributed by atoms with van der Waals surface area (Å²) in [5, 5.41) is 5.62. The zero-order valence-corrected chi connectivity index (χ0v) is 7.77. The second-order valence-corrected chi connectivity index (χ2v) is 2.77. The van der Waals surface area contributed by atoms with Gasteiger partial charge in [0.25, 0.3) is 0 Å². The van der Waals surface area contributed by atoms with Gasteiger partial charge in [0.1, 0.15) is 0 Å². The number of carbonyl (C=O) groups excluding carboxylic acids is 1. The van der Waals surface area contributed by atoms with Crippen LogP contribution in [0.5, 0.6) is 0 Å². The number of likely N-dealkylation sites (N-methyl/N-ethyl adjacent to an activating group) is 2. The Bertz CT molecular complexity index is 125. The number of hydrogen-bond acceptors (Lipinski definition) is 2. The molecule has 0 bridgehead atoms. The molecule has 3 nitrogen and oxygen atoms in total. The number of rotatable bonds is 4. The van der Waals surface area contributed by atoms with Crippen molar-refractivity contribution in [1.82, 2.24) is 10.6 Å². The second-order valence-electron chi connectivity index (χ2n) is 2.77. The largest absolute Gasteiger partial charge is 0.358 e. The van der Waals surface area contributed by atoms with Gasteiger partial charge in [0.15, 0.2) is 0 Å². The van der Waals surface area contributed by atoms with Crippen LogP contribution >= 0.6 is 0 Å². The van der Waals surface area contributed by atoms with Crippen molar-refractivity contribution in [3.05, 3.63) is 0 Å². The highest BCUT2D eigenvalue weighted by Gasteiger charge is 2.20. The van der Waals surface area contributed by atoms with Crippen molar-refractivity contribution in [2.24, 2.45) is 5.92 Å². The van der Waals surface area contributed by atoms with Gasteiger partial charge in [-0.25, -0.2) is 0 Å². The molecule has 2 N–H and O–H groups in total. The SMILES string of the molecule is CCC(C)C(NC)C(=O)NC.